The van der Waals surface area contributed by atoms with Crippen LogP contribution in [0.3, 0.4) is 0 Å². The maximum atomic E-state index is 6.89. The van der Waals surface area contributed by atoms with Gasteiger partial charge in [0.05, 0.1) is 42.0 Å². The molecule has 10 aromatic rings. The highest BCUT2D eigenvalue weighted by atomic mass is 35.5. The topological polar surface area (TPSA) is 22.8 Å². The Labute approximate surface area is 258 Å². The molecule has 0 fully saturated rings. The lowest BCUT2D eigenvalue weighted by atomic mass is 10.1. The lowest BCUT2D eigenvalue weighted by Crippen LogP contribution is -1.94. The Hall–Kier alpha value is -4.68. The van der Waals surface area contributed by atoms with Crippen LogP contribution in [-0.2, 0) is 0 Å². The Bertz CT molecular complexity index is 2740. The lowest BCUT2D eigenvalue weighted by Gasteiger charge is -2.07. The zero-order valence-corrected chi connectivity index (χ0v) is 25.0. The van der Waals surface area contributed by atoms with Crippen molar-refractivity contribution in [1.82, 2.24) is 14.1 Å². The van der Waals surface area contributed by atoms with E-state index >= 15 is 0 Å². The Balaban J connectivity index is 1.35. The minimum absolute atomic E-state index is 0.788. The molecule has 4 heterocycles. The van der Waals surface area contributed by atoms with Gasteiger partial charge >= 0.3 is 0 Å². The van der Waals surface area contributed by atoms with Gasteiger partial charge in [0.25, 0.3) is 0 Å². The summed E-state index contributed by atoms with van der Waals surface area (Å²) < 4.78 is 8.16. The van der Waals surface area contributed by atoms with Gasteiger partial charge in [0.1, 0.15) is 0 Å². The van der Waals surface area contributed by atoms with E-state index in [1.807, 2.05) is 0 Å². The molecular formula is C37H20ClN3S2. The molecule has 0 N–H and O–H groups in total. The van der Waals surface area contributed by atoms with E-state index in [4.69, 9.17) is 16.6 Å². The Morgan fingerprint density at radius 2 is 1.12 bits per heavy atom. The molecule has 0 bridgehead atoms. The molecule has 0 unspecified atom stereocenters. The van der Waals surface area contributed by atoms with Crippen LogP contribution in [0.25, 0.3) is 84.8 Å². The molecule has 0 aliphatic heterocycles. The summed E-state index contributed by atoms with van der Waals surface area (Å²) in [5.41, 5.74) is 6.88. The number of para-hydroxylation sites is 3. The van der Waals surface area contributed by atoms with E-state index in [9.17, 15) is 0 Å². The molecule has 0 spiro atoms. The number of fused-ring (bicyclic) bond motifs is 12. The first-order chi connectivity index (χ1) is 21.3. The van der Waals surface area contributed by atoms with Crippen molar-refractivity contribution in [3.05, 3.63) is 126 Å². The quantitative estimate of drug-likeness (QED) is 0.192. The second-order valence-corrected chi connectivity index (χ2v) is 13.4. The Kier molecular flexibility index (Phi) is 4.81. The smallest absolute Gasteiger partial charge is 0.195 e. The molecule has 0 radical (unpaired) electrons. The fourth-order valence-corrected chi connectivity index (χ4v) is 9.44. The molecule has 0 saturated heterocycles. The molecule has 6 aromatic carbocycles. The molecule has 3 nitrogen and oxygen atoms in total. The number of thiophene rings is 1. The van der Waals surface area contributed by atoms with E-state index in [1.165, 1.54) is 42.7 Å². The van der Waals surface area contributed by atoms with Crippen LogP contribution in [0.15, 0.2) is 121 Å². The minimum Gasteiger partial charge on any atom is -0.309 e. The summed E-state index contributed by atoms with van der Waals surface area (Å²) in [6, 6.07) is 43.3. The Morgan fingerprint density at radius 3 is 1.86 bits per heavy atom. The van der Waals surface area contributed by atoms with Gasteiger partial charge in [-0.1, -0.05) is 95.7 Å². The van der Waals surface area contributed by atoms with Crippen LogP contribution in [0.4, 0.5) is 0 Å². The van der Waals surface area contributed by atoms with Crippen molar-refractivity contribution >= 4 is 108 Å². The van der Waals surface area contributed by atoms with Crippen molar-refractivity contribution in [2.45, 2.75) is 0 Å². The summed E-state index contributed by atoms with van der Waals surface area (Å²) in [5.74, 6) is 0. The normalized spacial score (nSPS) is 12.3. The first-order valence-corrected chi connectivity index (χ1v) is 16.2. The summed E-state index contributed by atoms with van der Waals surface area (Å²) in [4.78, 5) is 5.37. The van der Waals surface area contributed by atoms with Crippen molar-refractivity contribution in [3.63, 3.8) is 0 Å². The second-order valence-electron chi connectivity index (χ2n) is 10.9. The maximum absolute atomic E-state index is 6.89. The molecule has 43 heavy (non-hydrogen) atoms. The summed E-state index contributed by atoms with van der Waals surface area (Å²) in [5, 5.41) is 9.09. The van der Waals surface area contributed by atoms with Gasteiger partial charge in [0, 0.05) is 42.7 Å². The van der Waals surface area contributed by atoms with Gasteiger partial charge in [-0.3, -0.25) is 4.57 Å². The SMILES string of the molecule is Clc1cc2sc(-n3c4ccccc4c4c5c6ccccc6n(-c6ccccc6)c5ccc43)nc2c2c1sc1ccccc12. The van der Waals surface area contributed by atoms with E-state index < -0.39 is 0 Å². The van der Waals surface area contributed by atoms with E-state index in [1.54, 1.807) is 22.7 Å². The molecule has 0 aliphatic rings. The third-order valence-corrected chi connectivity index (χ3v) is 11.2. The molecule has 6 heteroatoms. The molecule has 0 aliphatic carbocycles. The van der Waals surface area contributed by atoms with E-state index in [-0.39, 0.29) is 0 Å². The molecular weight excluding hydrogens is 586 g/mol. The van der Waals surface area contributed by atoms with Gasteiger partial charge in [0.2, 0.25) is 0 Å². The van der Waals surface area contributed by atoms with Crippen LogP contribution in [0, 0.1) is 0 Å². The number of nitrogens with zero attached hydrogens (tertiary/aromatic N) is 3. The zero-order chi connectivity index (χ0) is 28.2. The van der Waals surface area contributed by atoms with Crippen LogP contribution < -0.4 is 0 Å². The summed E-state index contributed by atoms with van der Waals surface area (Å²) >= 11 is 10.3. The third kappa shape index (κ3) is 3.16. The molecule has 4 aromatic heterocycles. The monoisotopic (exact) mass is 605 g/mol. The second kappa shape index (κ2) is 8.68. The number of aromatic nitrogens is 3. The highest BCUT2D eigenvalue weighted by Gasteiger charge is 2.23. The van der Waals surface area contributed by atoms with Gasteiger partial charge < -0.3 is 4.57 Å². The van der Waals surface area contributed by atoms with Crippen LogP contribution in [0.1, 0.15) is 0 Å². The van der Waals surface area contributed by atoms with Gasteiger partial charge in [0.15, 0.2) is 5.13 Å². The Morgan fingerprint density at radius 1 is 0.512 bits per heavy atom. The van der Waals surface area contributed by atoms with Crippen LogP contribution in [0.5, 0.6) is 0 Å². The van der Waals surface area contributed by atoms with Crippen LogP contribution >= 0.6 is 34.3 Å². The first-order valence-electron chi connectivity index (χ1n) is 14.2. The van der Waals surface area contributed by atoms with Crippen LogP contribution in [0.2, 0.25) is 5.02 Å². The van der Waals surface area contributed by atoms with Crippen molar-refractivity contribution in [3.8, 4) is 10.8 Å². The highest BCUT2D eigenvalue weighted by molar-refractivity contribution is 7.27. The number of hydrogen-bond acceptors (Lipinski definition) is 3. The van der Waals surface area contributed by atoms with Gasteiger partial charge in [-0.25, -0.2) is 4.98 Å². The lowest BCUT2D eigenvalue weighted by molar-refractivity contribution is 1.15. The van der Waals surface area contributed by atoms with Gasteiger partial charge in [-0.05, 0) is 48.5 Å². The van der Waals surface area contributed by atoms with E-state index in [0.29, 0.717) is 0 Å². The average Bonchev–Trinajstić information content (AvgIpc) is 3.80. The molecule has 0 atom stereocenters. The average molecular weight is 606 g/mol. The number of halogens is 1. The van der Waals surface area contributed by atoms with E-state index in [2.05, 4.69) is 130 Å². The zero-order valence-electron chi connectivity index (χ0n) is 22.6. The molecule has 10 rings (SSSR count). The summed E-state index contributed by atoms with van der Waals surface area (Å²) in [6.07, 6.45) is 0. The molecule has 0 amide bonds. The molecule has 202 valence electrons. The van der Waals surface area contributed by atoms with Crippen molar-refractivity contribution < 1.29 is 0 Å². The van der Waals surface area contributed by atoms with Crippen molar-refractivity contribution in [2.24, 2.45) is 0 Å². The highest BCUT2D eigenvalue weighted by Crippen LogP contribution is 2.46. The fourth-order valence-electron chi connectivity index (χ4n) is 6.90. The summed E-state index contributed by atoms with van der Waals surface area (Å²) in [7, 11) is 0. The fraction of sp³-hybridized carbons (Fsp3) is 0. The van der Waals surface area contributed by atoms with Crippen molar-refractivity contribution in [2.75, 3.05) is 0 Å². The number of hydrogen-bond donors (Lipinski definition) is 0. The number of thiazole rings is 1. The summed E-state index contributed by atoms with van der Waals surface area (Å²) in [6.45, 7) is 0. The standard InChI is InChI=1S/C37H20ClN3S2/c38-25-20-31-35(34-24-14-6-9-17-30(24)42-36(25)34)39-37(43-31)41-27-16-8-5-13-23(27)33-29(41)19-18-28-32(33)22-12-4-7-15-26(22)40(28)21-10-2-1-3-11-21/h1-20H. The predicted molar refractivity (Wildman–Crippen MR) is 186 cm³/mol. The van der Waals surface area contributed by atoms with Gasteiger partial charge in [-0.15, -0.1) is 11.3 Å². The number of benzene rings is 6. The number of rotatable bonds is 2. The molecule has 0 saturated carbocycles. The van der Waals surface area contributed by atoms with Crippen molar-refractivity contribution in [1.29, 1.82) is 0 Å². The largest absolute Gasteiger partial charge is 0.309 e. The third-order valence-electron chi connectivity index (χ3n) is 8.63. The first kappa shape index (κ1) is 23.8. The van der Waals surface area contributed by atoms with Crippen LogP contribution in [-0.4, -0.2) is 14.1 Å². The maximum Gasteiger partial charge on any atom is 0.195 e. The van der Waals surface area contributed by atoms with E-state index in [0.717, 1.165) is 47.2 Å². The predicted octanol–water partition coefficient (Wildman–Crippen LogP) is 11.5. The minimum atomic E-state index is 0.788. The van der Waals surface area contributed by atoms with Gasteiger partial charge in [-0.2, -0.15) is 0 Å².